The summed E-state index contributed by atoms with van der Waals surface area (Å²) in [6.07, 6.45) is 1.61. The molecule has 90 valence electrons. The molecule has 0 unspecified atom stereocenters. The van der Waals surface area contributed by atoms with Gasteiger partial charge in [0, 0.05) is 23.0 Å². The molecule has 0 radical (unpaired) electrons. The number of nitrogens with one attached hydrogen (secondary N) is 2. The van der Waals surface area contributed by atoms with E-state index in [1.165, 1.54) is 0 Å². The van der Waals surface area contributed by atoms with Crippen LogP contribution in [0.4, 0.5) is 11.5 Å². The lowest BCUT2D eigenvalue weighted by molar-refractivity contribution is 1.07. The van der Waals surface area contributed by atoms with Crippen LogP contribution in [0.3, 0.4) is 0 Å². The normalized spacial score (nSPS) is 10.8. The van der Waals surface area contributed by atoms with Crippen LogP contribution in [-0.4, -0.2) is 20.2 Å². The van der Waals surface area contributed by atoms with Crippen LogP contribution in [0.2, 0.25) is 5.28 Å². The summed E-state index contributed by atoms with van der Waals surface area (Å²) in [6, 6.07) is 7.67. The number of anilines is 2. The summed E-state index contributed by atoms with van der Waals surface area (Å²) in [5.41, 5.74) is 2.91. The molecule has 0 saturated carbocycles. The molecule has 0 aliphatic rings. The Kier molecular flexibility index (Phi) is 2.60. The van der Waals surface area contributed by atoms with Crippen LogP contribution in [0.1, 0.15) is 5.69 Å². The molecule has 0 aliphatic carbocycles. The lowest BCUT2D eigenvalue weighted by Crippen LogP contribution is -1.94. The Balaban J connectivity index is 1.97. The van der Waals surface area contributed by atoms with Gasteiger partial charge in [-0.1, -0.05) is 0 Å². The molecular formula is C12H10ClN5. The zero-order valence-corrected chi connectivity index (χ0v) is 10.4. The Hall–Kier alpha value is -2.14. The minimum absolute atomic E-state index is 0.223. The molecule has 0 saturated heterocycles. The molecule has 6 heteroatoms. The van der Waals surface area contributed by atoms with Gasteiger partial charge in [0.1, 0.15) is 5.82 Å². The lowest BCUT2D eigenvalue weighted by atomic mass is 10.2. The van der Waals surface area contributed by atoms with Crippen LogP contribution in [0.25, 0.3) is 10.9 Å². The summed E-state index contributed by atoms with van der Waals surface area (Å²) in [7, 11) is 0. The van der Waals surface area contributed by atoms with Crippen molar-refractivity contribution in [3.05, 3.63) is 41.4 Å². The summed E-state index contributed by atoms with van der Waals surface area (Å²) in [5, 5.41) is 11.6. The van der Waals surface area contributed by atoms with Crippen molar-refractivity contribution in [2.75, 3.05) is 5.32 Å². The maximum atomic E-state index is 5.74. The summed E-state index contributed by atoms with van der Waals surface area (Å²) >= 11 is 5.74. The van der Waals surface area contributed by atoms with E-state index in [1.54, 1.807) is 12.3 Å². The number of halogens is 1. The van der Waals surface area contributed by atoms with Gasteiger partial charge in [-0.05, 0) is 42.8 Å². The summed E-state index contributed by atoms with van der Waals surface area (Å²) in [4.78, 5) is 7.91. The van der Waals surface area contributed by atoms with Gasteiger partial charge in [0.25, 0.3) is 0 Å². The smallest absolute Gasteiger partial charge is 0.224 e. The van der Waals surface area contributed by atoms with E-state index in [0.717, 1.165) is 22.3 Å². The molecule has 0 spiro atoms. The Morgan fingerprint density at radius 2 is 2.17 bits per heavy atom. The Bertz CT molecular complexity index is 707. The number of aromatic amines is 1. The van der Waals surface area contributed by atoms with E-state index in [1.807, 2.05) is 25.1 Å². The van der Waals surface area contributed by atoms with Crippen molar-refractivity contribution < 1.29 is 0 Å². The van der Waals surface area contributed by atoms with Gasteiger partial charge >= 0.3 is 0 Å². The van der Waals surface area contributed by atoms with Crippen molar-refractivity contribution >= 4 is 34.0 Å². The van der Waals surface area contributed by atoms with E-state index in [2.05, 4.69) is 25.5 Å². The average Bonchev–Trinajstić information content (AvgIpc) is 2.71. The molecule has 0 fully saturated rings. The molecule has 1 aromatic carbocycles. The van der Waals surface area contributed by atoms with Crippen molar-refractivity contribution in [1.29, 1.82) is 0 Å². The largest absolute Gasteiger partial charge is 0.340 e. The molecule has 18 heavy (non-hydrogen) atoms. The molecule has 5 nitrogen and oxygen atoms in total. The average molecular weight is 260 g/mol. The number of hydrogen-bond donors (Lipinski definition) is 2. The molecule has 0 bridgehead atoms. The number of benzene rings is 1. The molecule has 0 amide bonds. The third-order valence-corrected chi connectivity index (χ3v) is 2.83. The van der Waals surface area contributed by atoms with Crippen LogP contribution < -0.4 is 5.32 Å². The molecular weight excluding hydrogens is 250 g/mol. The number of aryl methyl sites for hydroxylation is 1. The molecule has 2 aromatic heterocycles. The van der Waals surface area contributed by atoms with E-state index in [0.29, 0.717) is 5.82 Å². The van der Waals surface area contributed by atoms with Gasteiger partial charge in [-0.25, -0.2) is 9.97 Å². The number of H-pyrrole nitrogens is 1. The highest BCUT2D eigenvalue weighted by atomic mass is 35.5. The van der Waals surface area contributed by atoms with Gasteiger partial charge in [-0.3, -0.25) is 5.10 Å². The van der Waals surface area contributed by atoms with Gasteiger partial charge in [0.15, 0.2) is 0 Å². The van der Waals surface area contributed by atoms with Crippen molar-refractivity contribution in [3.8, 4) is 0 Å². The zero-order valence-electron chi connectivity index (χ0n) is 9.61. The third-order valence-electron chi connectivity index (χ3n) is 2.64. The van der Waals surface area contributed by atoms with E-state index in [-0.39, 0.29) is 5.28 Å². The number of fused-ring (bicyclic) bond motifs is 1. The van der Waals surface area contributed by atoms with Crippen molar-refractivity contribution in [2.45, 2.75) is 6.92 Å². The van der Waals surface area contributed by atoms with Gasteiger partial charge in [-0.2, -0.15) is 5.10 Å². The van der Waals surface area contributed by atoms with E-state index in [4.69, 9.17) is 11.6 Å². The summed E-state index contributed by atoms with van der Waals surface area (Å²) in [5.74, 6) is 0.662. The molecule has 0 atom stereocenters. The molecule has 3 aromatic rings. The summed E-state index contributed by atoms with van der Waals surface area (Å²) < 4.78 is 0. The Morgan fingerprint density at radius 1 is 1.28 bits per heavy atom. The van der Waals surface area contributed by atoms with E-state index >= 15 is 0 Å². The fourth-order valence-corrected chi connectivity index (χ4v) is 1.92. The second-order valence-electron chi connectivity index (χ2n) is 3.92. The maximum Gasteiger partial charge on any atom is 0.224 e. The quantitative estimate of drug-likeness (QED) is 0.694. The minimum Gasteiger partial charge on any atom is -0.340 e. The standard InChI is InChI=1S/C12H10ClN5/c1-7-9-6-8(2-3-10(9)18-17-7)15-11-4-5-14-12(13)16-11/h2-6H,1H3,(H,17,18)(H,14,15,16). The van der Waals surface area contributed by atoms with E-state index in [9.17, 15) is 0 Å². The molecule has 0 aliphatic heterocycles. The van der Waals surface area contributed by atoms with Crippen LogP contribution in [0.5, 0.6) is 0 Å². The zero-order chi connectivity index (χ0) is 12.5. The highest BCUT2D eigenvalue weighted by Crippen LogP contribution is 2.22. The molecule has 3 rings (SSSR count). The van der Waals surface area contributed by atoms with Crippen LogP contribution in [-0.2, 0) is 0 Å². The van der Waals surface area contributed by atoms with Crippen molar-refractivity contribution in [2.24, 2.45) is 0 Å². The second kappa shape index (κ2) is 4.27. The first-order valence-corrected chi connectivity index (χ1v) is 5.80. The number of hydrogen-bond acceptors (Lipinski definition) is 4. The fourth-order valence-electron chi connectivity index (χ4n) is 1.77. The van der Waals surface area contributed by atoms with Crippen LogP contribution >= 0.6 is 11.6 Å². The van der Waals surface area contributed by atoms with E-state index < -0.39 is 0 Å². The SMILES string of the molecule is Cc1[nH]nc2ccc(Nc3ccnc(Cl)n3)cc12. The molecule has 2 N–H and O–H groups in total. The maximum absolute atomic E-state index is 5.74. The van der Waals surface area contributed by atoms with Crippen LogP contribution in [0.15, 0.2) is 30.5 Å². The highest BCUT2D eigenvalue weighted by molar-refractivity contribution is 6.28. The lowest BCUT2D eigenvalue weighted by Gasteiger charge is -2.05. The Labute approximate surface area is 108 Å². The van der Waals surface area contributed by atoms with Gasteiger partial charge in [0.2, 0.25) is 5.28 Å². The topological polar surface area (TPSA) is 66.5 Å². The number of aromatic nitrogens is 4. The fraction of sp³-hybridized carbons (Fsp3) is 0.0833. The molecule has 2 heterocycles. The third kappa shape index (κ3) is 2.00. The number of rotatable bonds is 2. The van der Waals surface area contributed by atoms with Gasteiger partial charge in [0.05, 0.1) is 5.52 Å². The first-order valence-electron chi connectivity index (χ1n) is 5.43. The predicted molar refractivity (Wildman–Crippen MR) is 71.2 cm³/mol. The minimum atomic E-state index is 0.223. The van der Waals surface area contributed by atoms with Gasteiger partial charge in [-0.15, -0.1) is 0 Å². The van der Waals surface area contributed by atoms with Crippen molar-refractivity contribution in [3.63, 3.8) is 0 Å². The van der Waals surface area contributed by atoms with Crippen molar-refractivity contribution in [1.82, 2.24) is 20.2 Å². The first-order chi connectivity index (χ1) is 8.72. The van der Waals surface area contributed by atoms with Gasteiger partial charge < -0.3 is 5.32 Å². The van der Waals surface area contributed by atoms with Crippen LogP contribution in [0, 0.1) is 6.92 Å². The predicted octanol–water partition coefficient (Wildman–Crippen LogP) is 3.06. The summed E-state index contributed by atoms with van der Waals surface area (Å²) in [6.45, 7) is 1.99. The Morgan fingerprint density at radius 3 is 3.00 bits per heavy atom. The first kappa shape index (κ1) is 11.0. The monoisotopic (exact) mass is 259 g/mol. The highest BCUT2D eigenvalue weighted by Gasteiger charge is 2.03. The second-order valence-corrected chi connectivity index (χ2v) is 4.25. The number of nitrogens with zero attached hydrogens (tertiary/aromatic N) is 3.